The van der Waals surface area contributed by atoms with E-state index in [1.54, 1.807) is 12.3 Å². The van der Waals surface area contributed by atoms with Crippen molar-refractivity contribution in [3.8, 4) is 5.88 Å². The fraction of sp³-hybridized carbons (Fsp3) is 0.455. The van der Waals surface area contributed by atoms with Gasteiger partial charge in [0, 0.05) is 17.8 Å². The molecule has 0 radical (unpaired) electrons. The predicted octanol–water partition coefficient (Wildman–Crippen LogP) is 1.21. The minimum Gasteiger partial charge on any atom is -0.478 e. The Morgan fingerprint density at radius 1 is 1.50 bits per heavy atom. The molecule has 5 nitrogen and oxygen atoms in total. The molecule has 0 amide bonds. The van der Waals surface area contributed by atoms with Gasteiger partial charge in [-0.25, -0.2) is 4.98 Å². The lowest BCUT2D eigenvalue weighted by Crippen LogP contribution is -2.01. The summed E-state index contributed by atoms with van der Waals surface area (Å²) >= 11 is 0. The van der Waals surface area contributed by atoms with Crippen LogP contribution in [0.15, 0.2) is 23.5 Å². The molecule has 0 saturated carbocycles. The first kappa shape index (κ1) is 12.4. The Morgan fingerprint density at radius 3 is 2.88 bits per heavy atom. The molecule has 0 aliphatic rings. The standard InChI is InChI=1S/C11H16N2O3/c1-3-15-11-5-4-10(8-12-11)9(2)13-16-7-6-14/h4-5,8,14H,3,6-7H2,1-2H3. The molecule has 1 rings (SSSR count). The zero-order valence-corrected chi connectivity index (χ0v) is 9.51. The Morgan fingerprint density at radius 2 is 2.31 bits per heavy atom. The van der Waals surface area contributed by atoms with Gasteiger partial charge in [0.1, 0.15) is 6.61 Å². The first-order valence-electron chi connectivity index (χ1n) is 5.14. The maximum Gasteiger partial charge on any atom is 0.213 e. The van der Waals surface area contributed by atoms with Gasteiger partial charge in [-0.1, -0.05) is 5.16 Å². The average molecular weight is 224 g/mol. The Bertz CT molecular complexity index is 336. The Labute approximate surface area is 94.7 Å². The van der Waals surface area contributed by atoms with Crippen molar-refractivity contribution in [3.05, 3.63) is 23.9 Å². The van der Waals surface area contributed by atoms with Crippen LogP contribution >= 0.6 is 0 Å². The van der Waals surface area contributed by atoms with Crippen LogP contribution in [0.4, 0.5) is 0 Å². The van der Waals surface area contributed by atoms with Crippen LogP contribution in [0.5, 0.6) is 5.88 Å². The lowest BCUT2D eigenvalue weighted by atomic mass is 10.2. The van der Waals surface area contributed by atoms with Gasteiger partial charge in [0.25, 0.3) is 0 Å². The van der Waals surface area contributed by atoms with Crippen LogP contribution in [-0.2, 0) is 4.84 Å². The zero-order chi connectivity index (χ0) is 11.8. The van der Waals surface area contributed by atoms with Crippen LogP contribution in [0.1, 0.15) is 19.4 Å². The molecule has 1 heterocycles. The van der Waals surface area contributed by atoms with Crippen molar-refractivity contribution in [3.63, 3.8) is 0 Å². The minimum absolute atomic E-state index is 0.0433. The van der Waals surface area contributed by atoms with Crippen molar-refractivity contribution in [1.82, 2.24) is 4.98 Å². The van der Waals surface area contributed by atoms with Gasteiger partial charge in [-0.3, -0.25) is 0 Å². The number of hydrogen-bond donors (Lipinski definition) is 1. The summed E-state index contributed by atoms with van der Waals surface area (Å²) in [5.74, 6) is 0.593. The van der Waals surface area contributed by atoms with E-state index >= 15 is 0 Å². The third-order valence-electron chi connectivity index (χ3n) is 1.83. The number of oxime groups is 1. The van der Waals surface area contributed by atoms with Crippen molar-refractivity contribution in [2.45, 2.75) is 13.8 Å². The Hall–Kier alpha value is -1.62. The molecule has 1 aromatic heterocycles. The van der Waals surface area contributed by atoms with E-state index in [9.17, 15) is 0 Å². The molecule has 0 fully saturated rings. The highest BCUT2D eigenvalue weighted by Crippen LogP contribution is 2.08. The molecule has 0 saturated heterocycles. The second-order valence-electron chi connectivity index (χ2n) is 3.05. The maximum atomic E-state index is 8.52. The number of aliphatic hydroxyl groups excluding tert-OH is 1. The summed E-state index contributed by atoms with van der Waals surface area (Å²) in [6.07, 6.45) is 1.67. The highest BCUT2D eigenvalue weighted by molar-refractivity contribution is 5.98. The molecule has 16 heavy (non-hydrogen) atoms. The van der Waals surface area contributed by atoms with Gasteiger partial charge >= 0.3 is 0 Å². The lowest BCUT2D eigenvalue weighted by Gasteiger charge is -2.03. The molecule has 0 aromatic carbocycles. The van der Waals surface area contributed by atoms with E-state index in [0.717, 1.165) is 5.56 Å². The number of ether oxygens (including phenoxy) is 1. The second-order valence-corrected chi connectivity index (χ2v) is 3.05. The van der Waals surface area contributed by atoms with Crippen LogP contribution in [-0.4, -0.2) is 35.6 Å². The van der Waals surface area contributed by atoms with E-state index in [1.165, 1.54) is 0 Å². The van der Waals surface area contributed by atoms with E-state index in [1.807, 2.05) is 19.9 Å². The lowest BCUT2D eigenvalue weighted by molar-refractivity contribution is 0.0986. The summed E-state index contributed by atoms with van der Waals surface area (Å²) in [5, 5.41) is 12.4. The molecule has 88 valence electrons. The summed E-state index contributed by atoms with van der Waals surface area (Å²) < 4.78 is 5.22. The summed E-state index contributed by atoms with van der Waals surface area (Å²) in [6.45, 7) is 4.47. The van der Waals surface area contributed by atoms with Crippen molar-refractivity contribution >= 4 is 5.71 Å². The Kier molecular flexibility index (Phi) is 5.28. The Balaban J connectivity index is 2.62. The first-order chi connectivity index (χ1) is 7.77. The molecule has 0 atom stereocenters. The van der Waals surface area contributed by atoms with Crippen molar-refractivity contribution in [1.29, 1.82) is 0 Å². The van der Waals surface area contributed by atoms with Crippen LogP contribution in [0.2, 0.25) is 0 Å². The summed E-state index contributed by atoms with van der Waals surface area (Å²) in [6, 6.07) is 3.64. The molecule has 0 unspecified atom stereocenters. The second kappa shape index (κ2) is 6.79. The van der Waals surface area contributed by atoms with Gasteiger partial charge in [-0.15, -0.1) is 0 Å². The number of hydrogen-bond acceptors (Lipinski definition) is 5. The smallest absolute Gasteiger partial charge is 0.213 e. The molecular weight excluding hydrogens is 208 g/mol. The highest BCUT2D eigenvalue weighted by atomic mass is 16.6. The van der Waals surface area contributed by atoms with Crippen LogP contribution < -0.4 is 4.74 Å². The summed E-state index contributed by atoms with van der Waals surface area (Å²) in [4.78, 5) is 8.97. The topological polar surface area (TPSA) is 63.9 Å². The number of nitrogens with zero attached hydrogens (tertiary/aromatic N) is 2. The van der Waals surface area contributed by atoms with E-state index in [4.69, 9.17) is 14.7 Å². The molecule has 0 aliphatic heterocycles. The van der Waals surface area contributed by atoms with Gasteiger partial charge in [0.15, 0.2) is 0 Å². The number of aliphatic hydroxyl groups is 1. The normalized spacial score (nSPS) is 11.3. The van der Waals surface area contributed by atoms with Gasteiger partial charge in [-0.05, 0) is 19.9 Å². The first-order valence-corrected chi connectivity index (χ1v) is 5.14. The van der Waals surface area contributed by atoms with Crippen molar-refractivity contribution in [2.24, 2.45) is 5.16 Å². The molecule has 0 spiro atoms. The summed E-state index contributed by atoms with van der Waals surface area (Å²) in [5.41, 5.74) is 1.57. The molecular formula is C11H16N2O3. The van der Waals surface area contributed by atoms with E-state index in [0.29, 0.717) is 18.2 Å². The van der Waals surface area contributed by atoms with Crippen molar-refractivity contribution < 1.29 is 14.7 Å². The van der Waals surface area contributed by atoms with Crippen molar-refractivity contribution in [2.75, 3.05) is 19.8 Å². The molecule has 5 heteroatoms. The molecule has 1 N–H and O–H groups in total. The highest BCUT2D eigenvalue weighted by Gasteiger charge is 2.00. The zero-order valence-electron chi connectivity index (χ0n) is 9.51. The third-order valence-corrected chi connectivity index (χ3v) is 1.83. The van der Waals surface area contributed by atoms with E-state index in [-0.39, 0.29) is 13.2 Å². The molecule has 1 aromatic rings. The summed E-state index contributed by atoms with van der Waals surface area (Å²) in [7, 11) is 0. The average Bonchev–Trinajstić information content (AvgIpc) is 2.30. The fourth-order valence-corrected chi connectivity index (χ4v) is 1.06. The number of pyridine rings is 1. The third kappa shape index (κ3) is 3.86. The molecule has 0 bridgehead atoms. The predicted molar refractivity (Wildman–Crippen MR) is 60.7 cm³/mol. The van der Waals surface area contributed by atoms with Gasteiger partial charge < -0.3 is 14.7 Å². The SMILES string of the molecule is CCOc1ccc(C(C)=NOCCO)cn1. The monoisotopic (exact) mass is 224 g/mol. The van der Waals surface area contributed by atoms with Gasteiger partial charge in [-0.2, -0.15) is 0 Å². The quantitative estimate of drug-likeness (QED) is 0.448. The fourth-order valence-electron chi connectivity index (χ4n) is 1.06. The maximum absolute atomic E-state index is 8.52. The van der Waals surface area contributed by atoms with Crippen LogP contribution in [0.3, 0.4) is 0 Å². The largest absolute Gasteiger partial charge is 0.478 e. The number of aromatic nitrogens is 1. The minimum atomic E-state index is -0.0433. The van der Waals surface area contributed by atoms with Crippen LogP contribution in [0.25, 0.3) is 0 Å². The van der Waals surface area contributed by atoms with Crippen LogP contribution in [0, 0.1) is 0 Å². The van der Waals surface area contributed by atoms with Gasteiger partial charge in [0.05, 0.1) is 18.9 Å². The molecule has 0 aliphatic carbocycles. The van der Waals surface area contributed by atoms with E-state index < -0.39 is 0 Å². The van der Waals surface area contributed by atoms with E-state index in [2.05, 4.69) is 10.1 Å². The number of rotatable bonds is 6. The van der Waals surface area contributed by atoms with Gasteiger partial charge in [0.2, 0.25) is 5.88 Å².